The molecule has 2 aromatic carbocycles. The Hall–Kier alpha value is -1.91. The van der Waals surface area contributed by atoms with Crippen molar-refractivity contribution in [3.05, 3.63) is 55.5 Å². The van der Waals surface area contributed by atoms with Crippen LogP contribution in [0.4, 0.5) is 4.79 Å². The standard InChI is InChI=1S/C22H21ClINO5S/c1-3-9-30-20-17(24)11-14(12-18(20)28-2)13-19-21(26)25(22(27)31-19)8-10-29-16-6-4-15(23)5-7-16/h4-7,11-13H,3,8-10H2,1-2H3/b19-13-. The van der Waals surface area contributed by atoms with Gasteiger partial charge in [0, 0.05) is 5.02 Å². The Morgan fingerprint density at radius 2 is 1.87 bits per heavy atom. The van der Waals surface area contributed by atoms with Gasteiger partial charge >= 0.3 is 0 Å². The van der Waals surface area contributed by atoms with Crippen LogP contribution >= 0.6 is 46.0 Å². The summed E-state index contributed by atoms with van der Waals surface area (Å²) in [7, 11) is 1.57. The van der Waals surface area contributed by atoms with Crippen LogP contribution < -0.4 is 14.2 Å². The number of hydrogen-bond acceptors (Lipinski definition) is 6. The van der Waals surface area contributed by atoms with E-state index in [1.807, 2.05) is 13.0 Å². The first kappa shape index (κ1) is 23.7. The van der Waals surface area contributed by atoms with Gasteiger partial charge in [0.25, 0.3) is 11.1 Å². The van der Waals surface area contributed by atoms with Crippen molar-refractivity contribution < 1.29 is 23.8 Å². The average molecular weight is 574 g/mol. The maximum absolute atomic E-state index is 12.7. The normalized spacial score (nSPS) is 15.0. The Morgan fingerprint density at radius 3 is 2.55 bits per heavy atom. The molecule has 9 heteroatoms. The summed E-state index contributed by atoms with van der Waals surface area (Å²) in [6.07, 6.45) is 2.58. The molecule has 0 unspecified atom stereocenters. The monoisotopic (exact) mass is 573 g/mol. The predicted molar refractivity (Wildman–Crippen MR) is 131 cm³/mol. The maximum atomic E-state index is 12.7. The number of carbonyl (C=O) groups is 2. The van der Waals surface area contributed by atoms with Gasteiger partial charge in [-0.3, -0.25) is 14.5 Å². The van der Waals surface area contributed by atoms with Gasteiger partial charge < -0.3 is 14.2 Å². The van der Waals surface area contributed by atoms with E-state index >= 15 is 0 Å². The number of thioether (sulfide) groups is 1. The maximum Gasteiger partial charge on any atom is 0.293 e. The van der Waals surface area contributed by atoms with E-state index in [1.54, 1.807) is 43.5 Å². The average Bonchev–Trinajstić information content (AvgIpc) is 3.01. The highest BCUT2D eigenvalue weighted by Crippen LogP contribution is 2.37. The van der Waals surface area contributed by atoms with Gasteiger partial charge in [-0.15, -0.1) is 0 Å². The summed E-state index contributed by atoms with van der Waals surface area (Å²) in [5, 5.41) is 0.292. The molecule has 0 spiro atoms. The molecule has 164 valence electrons. The Morgan fingerprint density at radius 1 is 1.13 bits per heavy atom. The van der Waals surface area contributed by atoms with Crippen molar-refractivity contribution >= 4 is 63.2 Å². The molecule has 1 heterocycles. The number of methoxy groups -OCH3 is 1. The zero-order chi connectivity index (χ0) is 22.4. The van der Waals surface area contributed by atoms with E-state index in [-0.39, 0.29) is 24.3 Å². The molecule has 1 saturated heterocycles. The summed E-state index contributed by atoms with van der Waals surface area (Å²) < 4.78 is 17.7. The molecule has 2 aromatic rings. The summed E-state index contributed by atoms with van der Waals surface area (Å²) in [5.74, 6) is 1.55. The number of carbonyl (C=O) groups excluding carboxylic acids is 2. The van der Waals surface area contributed by atoms with Gasteiger partial charge in [-0.05, 0) is 88.8 Å². The van der Waals surface area contributed by atoms with E-state index in [2.05, 4.69) is 22.6 Å². The van der Waals surface area contributed by atoms with Crippen LogP contribution in [0.5, 0.6) is 17.2 Å². The van der Waals surface area contributed by atoms with E-state index in [9.17, 15) is 9.59 Å². The molecule has 0 N–H and O–H groups in total. The first-order valence-corrected chi connectivity index (χ1v) is 11.8. The predicted octanol–water partition coefficient (Wildman–Crippen LogP) is 5.86. The highest BCUT2D eigenvalue weighted by molar-refractivity contribution is 14.1. The van der Waals surface area contributed by atoms with Gasteiger partial charge in [-0.1, -0.05) is 18.5 Å². The van der Waals surface area contributed by atoms with E-state index in [4.69, 9.17) is 25.8 Å². The summed E-state index contributed by atoms with van der Waals surface area (Å²) in [6.45, 7) is 2.98. The van der Waals surface area contributed by atoms with Crippen LogP contribution in [-0.2, 0) is 4.79 Å². The SMILES string of the molecule is CCCOc1c(I)cc(/C=C2\SC(=O)N(CCOc3ccc(Cl)cc3)C2=O)cc1OC. The fraction of sp³-hybridized carbons (Fsp3) is 0.273. The molecule has 0 aromatic heterocycles. The molecule has 0 bridgehead atoms. The zero-order valence-corrected chi connectivity index (χ0v) is 20.8. The van der Waals surface area contributed by atoms with Crippen LogP contribution in [0.1, 0.15) is 18.9 Å². The summed E-state index contributed by atoms with van der Waals surface area (Å²) in [6, 6.07) is 10.6. The van der Waals surface area contributed by atoms with Gasteiger partial charge in [0.05, 0.1) is 28.7 Å². The van der Waals surface area contributed by atoms with E-state index in [0.717, 1.165) is 27.3 Å². The van der Waals surface area contributed by atoms with Crippen molar-refractivity contribution in [2.75, 3.05) is 26.9 Å². The Labute approximate surface area is 204 Å². The lowest BCUT2D eigenvalue weighted by atomic mass is 10.2. The van der Waals surface area contributed by atoms with Gasteiger partial charge in [-0.2, -0.15) is 0 Å². The van der Waals surface area contributed by atoms with Crippen molar-refractivity contribution in [3.63, 3.8) is 0 Å². The summed E-state index contributed by atoms with van der Waals surface area (Å²) >= 11 is 8.94. The Kier molecular flexibility index (Phi) is 8.50. The fourth-order valence-electron chi connectivity index (χ4n) is 2.80. The van der Waals surface area contributed by atoms with Crippen LogP contribution in [0.2, 0.25) is 5.02 Å². The van der Waals surface area contributed by atoms with Gasteiger partial charge in [0.2, 0.25) is 0 Å². The molecule has 1 fully saturated rings. The first-order chi connectivity index (χ1) is 14.9. The number of ether oxygens (including phenoxy) is 3. The van der Waals surface area contributed by atoms with Gasteiger partial charge in [-0.25, -0.2) is 0 Å². The molecule has 31 heavy (non-hydrogen) atoms. The minimum absolute atomic E-state index is 0.162. The second kappa shape index (κ2) is 11.1. The van der Waals surface area contributed by atoms with Crippen LogP contribution in [0.25, 0.3) is 6.08 Å². The molecule has 1 aliphatic heterocycles. The first-order valence-electron chi connectivity index (χ1n) is 9.57. The third kappa shape index (κ3) is 6.08. The topological polar surface area (TPSA) is 65.1 Å². The van der Waals surface area contributed by atoms with Crippen molar-refractivity contribution in [2.24, 2.45) is 0 Å². The molecular weight excluding hydrogens is 553 g/mol. The Bertz CT molecular complexity index is 996. The molecule has 2 amide bonds. The molecule has 0 aliphatic carbocycles. The van der Waals surface area contributed by atoms with Crippen molar-refractivity contribution in [1.29, 1.82) is 0 Å². The molecular formula is C22H21ClINO5S. The molecule has 1 aliphatic rings. The molecule has 0 atom stereocenters. The van der Waals surface area contributed by atoms with Crippen LogP contribution in [0, 0.1) is 3.57 Å². The van der Waals surface area contributed by atoms with Crippen LogP contribution in [-0.4, -0.2) is 42.9 Å². The third-order valence-corrected chi connectivity index (χ3v) is 6.23. The number of hydrogen-bond donors (Lipinski definition) is 0. The summed E-state index contributed by atoms with van der Waals surface area (Å²) in [4.78, 5) is 26.6. The highest BCUT2D eigenvalue weighted by atomic mass is 127. The zero-order valence-electron chi connectivity index (χ0n) is 17.0. The van der Waals surface area contributed by atoms with Crippen molar-refractivity contribution in [1.82, 2.24) is 4.90 Å². The number of rotatable bonds is 9. The summed E-state index contributed by atoms with van der Waals surface area (Å²) in [5.41, 5.74) is 0.757. The minimum atomic E-state index is -0.338. The largest absolute Gasteiger partial charge is 0.493 e. The number of halogens is 2. The lowest BCUT2D eigenvalue weighted by Gasteiger charge is -2.14. The lowest BCUT2D eigenvalue weighted by Crippen LogP contribution is -2.32. The quantitative estimate of drug-likeness (QED) is 0.277. The third-order valence-electron chi connectivity index (χ3n) is 4.27. The molecule has 6 nitrogen and oxygen atoms in total. The van der Waals surface area contributed by atoms with Crippen LogP contribution in [0.15, 0.2) is 41.3 Å². The second-order valence-corrected chi connectivity index (χ2v) is 9.11. The molecule has 0 radical (unpaired) electrons. The van der Waals surface area contributed by atoms with Crippen molar-refractivity contribution in [2.45, 2.75) is 13.3 Å². The van der Waals surface area contributed by atoms with Gasteiger partial charge in [0.15, 0.2) is 11.5 Å². The minimum Gasteiger partial charge on any atom is -0.493 e. The smallest absolute Gasteiger partial charge is 0.293 e. The van der Waals surface area contributed by atoms with Gasteiger partial charge in [0.1, 0.15) is 12.4 Å². The molecule has 0 saturated carbocycles. The van der Waals surface area contributed by atoms with E-state index in [0.29, 0.717) is 33.8 Å². The number of amides is 2. The number of imide groups is 1. The van der Waals surface area contributed by atoms with Crippen molar-refractivity contribution in [3.8, 4) is 17.2 Å². The number of nitrogens with zero attached hydrogens (tertiary/aromatic N) is 1. The van der Waals surface area contributed by atoms with Crippen LogP contribution in [0.3, 0.4) is 0 Å². The Balaban J connectivity index is 1.69. The van der Waals surface area contributed by atoms with E-state index < -0.39 is 0 Å². The highest BCUT2D eigenvalue weighted by Gasteiger charge is 2.34. The lowest BCUT2D eigenvalue weighted by molar-refractivity contribution is -0.123. The number of benzene rings is 2. The van der Waals surface area contributed by atoms with E-state index in [1.165, 1.54) is 4.90 Å². The molecule has 3 rings (SSSR count). The fourth-order valence-corrected chi connectivity index (χ4v) is 4.57. The second-order valence-electron chi connectivity index (χ2n) is 6.52.